The molecule has 1 aliphatic rings. The molecule has 0 saturated heterocycles. The molecule has 0 saturated carbocycles. The van der Waals surface area contributed by atoms with Gasteiger partial charge < -0.3 is 24.8 Å². The average molecular weight is 640 g/mol. The zero-order valence-corrected chi connectivity index (χ0v) is 28.9. The van der Waals surface area contributed by atoms with Crippen molar-refractivity contribution in [2.75, 3.05) is 27.8 Å². The summed E-state index contributed by atoms with van der Waals surface area (Å²) >= 11 is 0. The third kappa shape index (κ3) is 8.66. The van der Waals surface area contributed by atoms with Gasteiger partial charge in [-0.1, -0.05) is 97.5 Å². The molecule has 46 heavy (non-hydrogen) atoms. The van der Waals surface area contributed by atoms with Crippen molar-refractivity contribution in [3.05, 3.63) is 66.3 Å². The Kier molecular flexibility index (Phi) is 14.2. The van der Waals surface area contributed by atoms with Gasteiger partial charge in [0.25, 0.3) is 0 Å². The molecule has 254 valence electrons. The number of amides is 3. The van der Waals surface area contributed by atoms with Gasteiger partial charge in [-0.25, -0.2) is 4.79 Å². The summed E-state index contributed by atoms with van der Waals surface area (Å²) in [6.07, 6.45) is 2.55. The second-order valence-electron chi connectivity index (χ2n) is 12.7. The predicted octanol–water partition coefficient (Wildman–Crippen LogP) is 5.51. The van der Waals surface area contributed by atoms with Crippen molar-refractivity contribution >= 4 is 29.5 Å². The Bertz CT molecular complexity index is 1300. The number of benzene rings is 1. The molecule has 2 N–H and O–H groups in total. The van der Waals surface area contributed by atoms with Crippen LogP contribution in [0, 0.1) is 17.8 Å². The number of hydrogen-bond donors (Lipinski definition) is 2. The number of fused-ring (bicyclic) bond motifs is 1. The number of methoxy groups -OCH3 is 1. The highest BCUT2D eigenvalue weighted by Gasteiger charge is 2.40. The number of rotatable bonds is 17. The zero-order valence-electron chi connectivity index (χ0n) is 28.9. The summed E-state index contributed by atoms with van der Waals surface area (Å²) in [6, 6.07) is 5.48. The van der Waals surface area contributed by atoms with Crippen LogP contribution in [0.2, 0.25) is 0 Å². The largest absolute Gasteiger partial charge is 0.481 e. The van der Waals surface area contributed by atoms with E-state index in [0.717, 1.165) is 22.3 Å². The summed E-state index contributed by atoms with van der Waals surface area (Å²) in [5.74, 6) is -2.78. The lowest BCUT2D eigenvalue weighted by atomic mass is 9.90. The number of ether oxygens (including phenoxy) is 2. The first kappa shape index (κ1) is 38.3. The topological polar surface area (TPSA) is 125 Å². The molecule has 1 aliphatic carbocycles. The summed E-state index contributed by atoms with van der Waals surface area (Å²) in [6.45, 7) is 19.1. The van der Waals surface area contributed by atoms with Crippen LogP contribution >= 0.6 is 0 Å². The highest BCUT2D eigenvalue weighted by Crippen LogP contribution is 2.43. The number of aliphatic carboxylic acids is 1. The lowest BCUT2D eigenvalue weighted by Crippen LogP contribution is -2.60. The fraction of sp³-hybridized carbons (Fsp3) is 0.556. The van der Waals surface area contributed by atoms with Crippen LogP contribution in [-0.2, 0) is 23.9 Å². The molecule has 0 spiro atoms. The molecular formula is C36H53N3O7. The molecule has 0 aliphatic heterocycles. The SMILES string of the molecule is C=CC1=C(C=C)C(COC(=O)N(C)C(C(=O)N[C@H](C(=O)N(C)C(C(C)CC)C(CC(=O)O)OC)C(C)C)C(C)C)c2ccccc21. The molecular weight excluding hydrogens is 586 g/mol. The average Bonchev–Trinajstić information content (AvgIpc) is 3.33. The number of carbonyl (C=O) groups excluding carboxylic acids is 3. The zero-order chi connectivity index (χ0) is 34.9. The van der Waals surface area contributed by atoms with Crippen LogP contribution in [0.3, 0.4) is 0 Å². The van der Waals surface area contributed by atoms with Crippen molar-refractivity contribution in [3.8, 4) is 0 Å². The molecule has 6 atom stereocenters. The Morgan fingerprint density at radius 2 is 1.63 bits per heavy atom. The Hall–Kier alpha value is -3.92. The molecule has 1 aromatic carbocycles. The number of nitrogens with one attached hydrogen (secondary N) is 1. The van der Waals surface area contributed by atoms with Crippen molar-refractivity contribution in [1.82, 2.24) is 15.1 Å². The molecule has 0 bridgehead atoms. The van der Waals surface area contributed by atoms with Crippen molar-refractivity contribution in [1.29, 1.82) is 0 Å². The van der Waals surface area contributed by atoms with Crippen LogP contribution in [0.5, 0.6) is 0 Å². The molecule has 3 amide bonds. The maximum atomic E-state index is 13.9. The van der Waals surface area contributed by atoms with E-state index in [4.69, 9.17) is 9.47 Å². The van der Waals surface area contributed by atoms with Gasteiger partial charge in [0.2, 0.25) is 11.8 Å². The number of hydrogen-bond acceptors (Lipinski definition) is 6. The molecule has 10 heteroatoms. The number of nitrogens with zero attached hydrogens (tertiary/aromatic N) is 2. The number of likely N-dealkylation sites (N-methyl/N-ethyl adjacent to an activating group) is 2. The van der Waals surface area contributed by atoms with Crippen LogP contribution in [0.25, 0.3) is 5.57 Å². The van der Waals surface area contributed by atoms with Gasteiger partial charge >= 0.3 is 12.1 Å². The molecule has 2 rings (SSSR count). The highest BCUT2D eigenvalue weighted by molar-refractivity contribution is 5.92. The molecule has 0 heterocycles. The number of carboxylic acids is 1. The Labute approximate surface area is 274 Å². The summed E-state index contributed by atoms with van der Waals surface area (Å²) in [7, 11) is 4.56. The van der Waals surface area contributed by atoms with E-state index < -0.39 is 42.2 Å². The summed E-state index contributed by atoms with van der Waals surface area (Å²) < 4.78 is 11.3. The lowest BCUT2D eigenvalue weighted by molar-refractivity contribution is -0.148. The molecule has 10 nitrogen and oxygen atoms in total. The van der Waals surface area contributed by atoms with Gasteiger partial charge in [0, 0.05) is 27.1 Å². The van der Waals surface area contributed by atoms with E-state index >= 15 is 0 Å². The van der Waals surface area contributed by atoms with Crippen LogP contribution in [0.1, 0.15) is 71.4 Å². The fourth-order valence-electron chi connectivity index (χ4n) is 6.39. The van der Waals surface area contributed by atoms with Crippen LogP contribution in [-0.4, -0.2) is 90.8 Å². The summed E-state index contributed by atoms with van der Waals surface area (Å²) in [4.78, 5) is 55.5. The number of allylic oxidation sites excluding steroid dienone is 3. The Morgan fingerprint density at radius 3 is 2.13 bits per heavy atom. The second kappa shape index (κ2) is 17.1. The normalized spacial score (nSPS) is 17.4. The Morgan fingerprint density at radius 1 is 1.00 bits per heavy atom. The van der Waals surface area contributed by atoms with E-state index in [1.165, 1.54) is 24.0 Å². The van der Waals surface area contributed by atoms with Crippen molar-refractivity contribution in [2.24, 2.45) is 17.8 Å². The van der Waals surface area contributed by atoms with E-state index in [1.807, 2.05) is 65.8 Å². The first-order valence-electron chi connectivity index (χ1n) is 16.0. The molecule has 0 radical (unpaired) electrons. The van der Waals surface area contributed by atoms with E-state index in [2.05, 4.69) is 18.5 Å². The summed E-state index contributed by atoms with van der Waals surface area (Å²) in [5, 5.41) is 12.4. The van der Waals surface area contributed by atoms with Gasteiger partial charge in [-0.3, -0.25) is 19.3 Å². The quantitative estimate of drug-likeness (QED) is 0.230. The van der Waals surface area contributed by atoms with Gasteiger partial charge in [-0.05, 0) is 40.0 Å². The van der Waals surface area contributed by atoms with E-state index in [0.29, 0.717) is 6.42 Å². The van der Waals surface area contributed by atoms with Crippen LogP contribution < -0.4 is 5.32 Å². The van der Waals surface area contributed by atoms with Gasteiger partial charge in [0.1, 0.15) is 18.7 Å². The van der Waals surface area contributed by atoms with E-state index in [9.17, 15) is 24.3 Å². The van der Waals surface area contributed by atoms with Crippen molar-refractivity contribution in [3.63, 3.8) is 0 Å². The highest BCUT2D eigenvalue weighted by atomic mass is 16.6. The fourth-order valence-corrected chi connectivity index (χ4v) is 6.39. The minimum Gasteiger partial charge on any atom is -0.481 e. The maximum Gasteiger partial charge on any atom is 0.410 e. The number of carboxylic acid groups (broad SMARTS) is 1. The molecule has 0 aromatic heterocycles. The minimum atomic E-state index is -1.03. The van der Waals surface area contributed by atoms with Crippen LogP contribution in [0.4, 0.5) is 4.79 Å². The first-order chi connectivity index (χ1) is 21.7. The van der Waals surface area contributed by atoms with E-state index in [-0.39, 0.29) is 42.6 Å². The molecule has 0 fully saturated rings. The number of carbonyl (C=O) groups is 4. The molecule has 5 unspecified atom stereocenters. The minimum absolute atomic E-state index is 0.0528. The van der Waals surface area contributed by atoms with Crippen LogP contribution in [0.15, 0.2) is 55.1 Å². The first-order valence-corrected chi connectivity index (χ1v) is 16.0. The van der Waals surface area contributed by atoms with Gasteiger partial charge in [0.05, 0.1) is 18.6 Å². The third-order valence-corrected chi connectivity index (χ3v) is 9.03. The maximum absolute atomic E-state index is 13.9. The van der Waals surface area contributed by atoms with Gasteiger partial charge in [-0.15, -0.1) is 0 Å². The monoisotopic (exact) mass is 639 g/mol. The lowest BCUT2D eigenvalue weighted by Gasteiger charge is -2.40. The van der Waals surface area contributed by atoms with Gasteiger partial charge in [-0.2, -0.15) is 0 Å². The Balaban J connectivity index is 2.26. The standard InChI is InChI=1S/C36H53N3O7/c1-12-23(8)33(29(45-11)19-30(40)41)38(9)35(43)31(21(4)5)37-34(42)32(22(6)7)39(10)36(44)46-20-28-25(14-3)24(13-2)26-17-15-16-18-27(26)28/h13-18,21-23,28-29,31-33H,2-3,12,19-20H2,1,4-11H3,(H,37,42)(H,40,41)/t23?,28?,29?,31-,32?,33?/m0/s1. The third-order valence-electron chi connectivity index (χ3n) is 9.03. The van der Waals surface area contributed by atoms with E-state index in [1.54, 1.807) is 19.2 Å². The van der Waals surface area contributed by atoms with Gasteiger partial charge in [0.15, 0.2) is 0 Å². The molecule has 1 aromatic rings. The van der Waals surface area contributed by atoms with Crippen molar-refractivity contribution < 1.29 is 33.8 Å². The second-order valence-corrected chi connectivity index (χ2v) is 12.7. The predicted molar refractivity (Wildman–Crippen MR) is 180 cm³/mol. The van der Waals surface area contributed by atoms with Crippen molar-refractivity contribution in [2.45, 2.75) is 84.5 Å². The summed E-state index contributed by atoms with van der Waals surface area (Å²) in [5.41, 5.74) is 3.90. The smallest absolute Gasteiger partial charge is 0.410 e.